The van der Waals surface area contributed by atoms with Gasteiger partial charge in [-0.15, -0.1) is 0 Å². The summed E-state index contributed by atoms with van der Waals surface area (Å²) < 4.78 is 36.9. The van der Waals surface area contributed by atoms with E-state index in [9.17, 15) is 27.6 Å². The number of amides is 2. The van der Waals surface area contributed by atoms with Crippen LogP contribution in [0.5, 0.6) is 0 Å². The highest BCUT2D eigenvalue weighted by Crippen LogP contribution is 2.21. The van der Waals surface area contributed by atoms with E-state index in [-0.39, 0.29) is 18.9 Å². The Hall–Kier alpha value is -4.00. The number of pyridine rings is 1. The summed E-state index contributed by atoms with van der Waals surface area (Å²) in [5.74, 6) is -4.33. The summed E-state index contributed by atoms with van der Waals surface area (Å²) in [5, 5.41) is 12.5. The number of ether oxygens (including phenoxy) is 1. The number of benzene rings is 1. The molecule has 0 fully saturated rings. The third kappa shape index (κ3) is 12.0. The standard InChI is InChI=1S/C22H28N4O4.C2HF3O2/c1-22(2,3)19(21(29)25-16-9-11-24-12-10-16)26-20(28)17(23)13-18(27)30-14-15-7-5-4-6-8-15;3-2(4,5)1(6)7/h4-12,17,19H,13-14,23H2,1-3H3,(H,26,28)(H,24,25,29);(H,6,7)/t17-,19-;/m1./s1. The molecule has 10 nitrogen and oxygen atoms in total. The average molecular weight is 527 g/mol. The van der Waals surface area contributed by atoms with Crippen molar-refractivity contribution in [1.82, 2.24) is 10.3 Å². The average Bonchev–Trinajstić information content (AvgIpc) is 2.81. The van der Waals surface area contributed by atoms with Crippen molar-refractivity contribution >= 4 is 29.4 Å². The number of rotatable bonds is 8. The summed E-state index contributed by atoms with van der Waals surface area (Å²) >= 11 is 0. The number of aromatic nitrogens is 1. The second kappa shape index (κ2) is 13.9. The van der Waals surface area contributed by atoms with Crippen molar-refractivity contribution in [2.24, 2.45) is 11.1 Å². The number of nitrogens with one attached hydrogen (secondary N) is 2. The van der Waals surface area contributed by atoms with Gasteiger partial charge in [-0.3, -0.25) is 19.4 Å². The smallest absolute Gasteiger partial charge is 0.475 e. The largest absolute Gasteiger partial charge is 0.490 e. The number of halogens is 3. The van der Waals surface area contributed by atoms with Gasteiger partial charge in [-0.1, -0.05) is 51.1 Å². The van der Waals surface area contributed by atoms with E-state index in [0.717, 1.165) is 5.56 Å². The van der Waals surface area contributed by atoms with E-state index in [4.69, 9.17) is 20.4 Å². The first kappa shape index (κ1) is 31.0. The molecule has 1 aromatic heterocycles. The first-order valence-corrected chi connectivity index (χ1v) is 10.9. The number of aliphatic carboxylic acids is 1. The van der Waals surface area contributed by atoms with Crippen LogP contribution in [0.4, 0.5) is 18.9 Å². The van der Waals surface area contributed by atoms with Crippen LogP contribution in [0.25, 0.3) is 0 Å². The summed E-state index contributed by atoms with van der Waals surface area (Å²) in [7, 11) is 0. The topological polar surface area (TPSA) is 161 Å². The van der Waals surface area contributed by atoms with Gasteiger partial charge < -0.3 is 26.2 Å². The maximum absolute atomic E-state index is 12.7. The number of hydrogen-bond donors (Lipinski definition) is 4. The van der Waals surface area contributed by atoms with E-state index in [1.165, 1.54) is 0 Å². The lowest BCUT2D eigenvalue weighted by Crippen LogP contribution is -2.55. The minimum Gasteiger partial charge on any atom is -0.475 e. The number of carboxylic acids is 1. The van der Waals surface area contributed by atoms with Gasteiger partial charge in [0.1, 0.15) is 12.6 Å². The van der Waals surface area contributed by atoms with Gasteiger partial charge in [0.25, 0.3) is 0 Å². The Bertz CT molecular complexity index is 1040. The third-order valence-corrected chi connectivity index (χ3v) is 4.57. The fourth-order valence-electron chi connectivity index (χ4n) is 2.64. The molecule has 0 aliphatic carbocycles. The number of carbonyl (C=O) groups is 4. The van der Waals surface area contributed by atoms with Crippen LogP contribution in [0, 0.1) is 5.41 Å². The number of carbonyl (C=O) groups excluding carboxylic acids is 3. The predicted octanol–water partition coefficient (Wildman–Crippen LogP) is 2.65. The molecule has 1 heterocycles. The van der Waals surface area contributed by atoms with Crippen LogP contribution in [-0.2, 0) is 30.5 Å². The predicted molar refractivity (Wildman–Crippen MR) is 127 cm³/mol. The molecule has 0 aliphatic rings. The second-order valence-electron chi connectivity index (χ2n) is 8.79. The number of carboxylic acid groups (broad SMARTS) is 1. The Morgan fingerprint density at radius 3 is 2.03 bits per heavy atom. The Labute approximate surface area is 211 Å². The molecule has 0 aliphatic heterocycles. The SMILES string of the molecule is CC(C)(C)[C@H](NC(=O)[C@H](N)CC(=O)OCc1ccccc1)C(=O)Nc1ccncc1.O=C(O)C(F)(F)F. The first-order chi connectivity index (χ1) is 17.1. The molecule has 0 saturated heterocycles. The molecule has 13 heteroatoms. The molecular weight excluding hydrogens is 497 g/mol. The van der Waals surface area contributed by atoms with E-state index < -0.39 is 41.5 Å². The minimum atomic E-state index is -5.08. The van der Waals surface area contributed by atoms with Crippen LogP contribution < -0.4 is 16.4 Å². The van der Waals surface area contributed by atoms with Gasteiger partial charge in [-0.2, -0.15) is 13.2 Å². The van der Waals surface area contributed by atoms with Gasteiger partial charge in [-0.25, -0.2) is 4.79 Å². The van der Waals surface area contributed by atoms with Crippen molar-refractivity contribution < 1.29 is 42.2 Å². The van der Waals surface area contributed by atoms with E-state index in [1.807, 2.05) is 51.1 Å². The van der Waals surface area contributed by atoms with Crippen LogP contribution in [0.2, 0.25) is 0 Å². The maximum atomic E-state index is 12.7. The van der Waals surface area contributed by atoms with Crippen molar-refractivity contribution in [3.63, 3.8) is 0 Å². The molecule has 0 spiro atoms. The normalized spacial score (nSPS) is 12.7. The fourth-order valence-corrected chi connectivity index (χ4v) is 2.64. The number of nitrogens with zero attached hydrogens (tertiary/aromatic N) is 1. The zero-order chi connectivity index (χ0) is 28.2. The van der Waals surface area contributed by atoms with Crippen molar-refractivity contribution in [2.45, 2.75) is 52.1 Å². The Morgan fingerprint density at radius 2 is 1.54 bits per heavy atom. The fraction of sp³-hybridized carbons (Fsp3) is 0.375. The van der Waals surface area contributed by atoms with Crippen LogP contribution in [0.15, 0.2) is 54.9 Å². The highest BCUT2D eigenvalue weighted by Gasteiger charge is 2.38. The van der Waals surface area contributed by atoms with Crippen LogP contribution in [-0.4, -0.2) is 52.1 Å². The molecule has 37 heavy (non-hydrogen) atoms. The number of nitrogens with two attached hydrogens (primary N) is 1. The molecule has 2 amide bonds. The molecule has 0 saturated carbocycles. The summed E-state index contributed by atoms with van der Waals surface area (Å²) in [6.07, 6.45) is -2.27. The first-order valence-electron chi connectivity index (χ1n) is 10.9. The molecule has 2 aromatic rings. The Morgan fingerprint density at radius 1 is 1.00 bits per heavy atom. The van der Waals surface area contributed by atoms with Crippen LogP contribution >= 0.6 is 0 Å². The summed E-state index contributed by atoms with van der Waals surface area (Å²) in [5.41, 5.74) is 6.70. The van der Waals surface area contributed by atoms with Gasteiger partial charge in [-0.05, 0) is 23.1 Å². The highest BCUT2D eigenvalue weighted by atomic mass is 19.4. The lowest BCUT2D eigenvalue weighted by atomic mass is 9.85. The zero-order valence-corrected chi connectivity index (χ0v) is 20.4. The van der Waals surface area contributed by atoms with E-state index in [0.29, 0.717) is 5.69 Å². The highest BCUT2D eigenvalue weighted by molar-refractivity contribution is 5.98. The Kier molecular flexibility index (Phi) is 11.7. The van der Waals surface area contributed by atoms with E-state index in [2.05, 4.69) is 15.6 Å². The van der Waals surface area contributed by atoms with Crippen molar-refractivity contribution in [1.29, 1.82) is 0 Å². The minimum absolute atomic E-state index is 0.104. The van der Waals surface area contributed by atoms with Gasteiger partial charge in [0.15, 0.2) is 0 Å². The molecule has 2 atom stereocenters. The number of anilines is 1. The molecule has 0 unspecified atom stereocenters. The molecule has 5 N–H and O–H groups in total. The van der Waals surface area contributed by atoms with Gasteiger partial charge in [0.2, 0.25) is 11.8 Å². The number of hydrogen-bond acceptors (Lipinski definition) is 7. The van der Waals surface area contributed by atoms with E-state index in [1.54, 1.807) is 24.5 Å². The zero-order valence-electron chi connectivity index (χ0n) is 20.4. The number of esters is 1. The van der Waals surface area contributed by atoms with Crippen molar-refractivity contribution in [3.8, 4) is 0 Å². The van der Waals surface area contributed by atoms with Crippen LogP contribution in [0.1, 0.15) is 32.8 Å². The van der Waals surface area contributed by atoms with E-state index >= 15 is 0 Å². The van der Waals surface area contributed by atoms with Crippen LogP contribution in [0.3, 0.4) is 0 Å². The molecule has 202 valence electrons. The molecular formula is C24H29F3N4O6. The maximum Gasteiger partial charge on any atom is 0.490 e. The lowest BCUT2D eigenvalue weighted by Gasteiger charge is -2.31. The monoisotopic (exact) mass is 526 g/mol. The molecule has 0 radical (unpaired) electrons. The Balaban J connectivity index is 0.000000856. The van der Waals surface area contributed by atoms with Crippen molar-refractivity contribution in [3.05, 3.63) is 60.4 Å². The molecule has 0 bridgehead atoms. The van der Waals surface area contributed by atoms with Crippen molar-refractivity contribution in [2.75, 3.05) is 5.32 Å². The summed E-state index contributed by atoms with van der Waals surface area (Å²) in [6.45, 7) is 5.57. The number of alkyl halides is 3. The van der Waals surface area contributed by atoms with Gasteiger partial charge in [0, 0.05) is 18.1 Å². The quantitative estimate of drug-likeness (QED) is 0.382. The summed E-state index contributed by atoms with van der Waals surface area (Å²) in [4.78, 5) is 50.1. The lowest BCUT2D eigenvalue weighted by molar-refractivity contribution is -0.192. The summed E-state index contributed by atoms with van der Waals surface area (Å²) in [6, 6.07) is 10.5. The molecule has 1 aromatic carbocycles. The third-order valence-electron chi connectivity index (χ3n) is 4.57. The van der Waals surface area contributed by atoms with Gasteiger partial charge in [0.05, 0.1) is 12.5 Å². The second-order valence-corrected chi connectivity index (χ2v) is 8.79. The van der Waals surface area contributed by atoms with Gasteiger partial charge >= 0.3 is 18.1 Å². The molecule has 2 rings (SSSR count).